The minimum atomic E-state index is -0.536. The highest BCUT2D eigenvalue weighted by Crippen LogP contribution is 2.30. The number of carbonyl (C=O) groups excluding carboxylic acids is 1. The first-order valence-corrected chi connectivity index (χ1v) is 8.11. The average Bonchev–Trinajstić information content (AvgIpc) is 3.12. The monoisotopic (exact) mass is 355 g/mol. The van der Waals surface area contributed by atoms with Crippen molar-refractivity contribution in [2.24, 2.45) is 0 Å². The van der Waals surface area contributed by atoms with Crippen molar-refractivity contribution < 1.29 is 14.5 Å². The third-order valence-corrected chi connectivity index (χ3v) is 4.29. The van der Waals surface area contributed by atoms with Gasteiger partial charge < -0.3 is 10.1 Å². The van der Waals surface area contributed by atoms with Gasteiger partial charge >= 0.3 is 0 Å². The van der Waals surface area contributed by atoms with Crippen LogP contribution in [0.4, 0.5) is 11.4 Å². The van der Waals surface area contributed by atoms with E-state index in [0.717, 1.165) is 10.6 Å². The number of rotatable bonds is 5. The van der Waals surface area contributed by atoms with Crippen LogP contribution in [-0.4, -0.2) is 22.9 Å². The Balaban J connectivity index is 1.84. The number of hydrogen-bond acceptors (Lipinski definition) is 6. The van der Waals surface area contributed by atoms with Crippen LogP contribution in [-0.2, 0) is 0 Å². The van der Waals surface area contributed by atoms with E-state index in [4.69, 9.17) is 4.74 Å². The lowest BCUT2D eigenvalue weighted by atomic mass is 10.2. The summed E-state index contributed by atoms with van der Waals surface area (Å²) in [5.74, 6) is -0.130. The first-order chi connectivity index (χ1) is 12.1. The topological polar surface area (TPSA) is 94.4 Å². The Bertz CT molecular complexity index is 925. The van der Waals surface area contributed by atoms with Crippen molar-refractivity contribution in [3.8, 4) is 16.3 Å². The van der Waals surface area contributed by atoms with Crippen molar-refractivity contribution in [3.05, 3.63) is 69.7 Å². The molecular weight excluding hydrogens is 342 g/mol. The second-order valence-electron chi connectivity index (χ2n) is 5.00. The number of nitro groups is 1. The summed E-state index contributed by atoms with van der Waals surface area (Å²) < 4.78 is 5.14. The van der Waals surface area contributed by atoms with Crippen molar-refractivity contribution in [1.82, 2.24) is 4.98 Å². The Labute approximate surface area is 147 Å². The fourth-order valence-corrected chi connectivity index (χ4v) is 2.99. The molecule has 2 aromatic carbocycles. The summed E-state index contributed by atoms with van der Waals surface area (Å²) in [5.41, 5.74) is 1.23. The highest BCUT2D eigenvalue weighted by molar-refractivity contribution is 7.13. The van der Waals surface area contributed by atoms with Crippen molar-refractivity contribution in [3.63, 3.8) is 0 Å². The van der Waals surface area contributed by atoms with Gasteiger partial charge in [0.2, 0.25) is 0 Å². The van der Waals surface area contributed by atoms with Gasteiger partial charge in [0.25, 0.3) is 11.6 Å². The first kappa shape index (κ1) is 16.6. The molecule has 0 bridgehead atoms. The largest absolute Gasteiger partial charge is 0.495 e. The Morgan fingerprint density at radius 2 is 2.00 bits per heavy atom. The Morgan fingerprint density at radius 1 is 1.24 bits per heavy atom. The zero-order valence-corrected chi connectivity index (χ0v) is 13.9. The van der Waals surface area contributed by atoms with Crippen molar-refractivity contribution in [1.29, 1.82) is 0 Å². The molecule has 0 atom stereocenters. The molecule has 126 valence electrons. The summed E-state index contributed by atoms with van der Waals surface area (Å²) in [6, 6.07) is 13.5. The average molecular weight is 355 g/mol. The lowest BCUT2D eigenvalue weighted by molar-refractivity contribution is -0.384. The van der Waals surface area contributed by atoms with Gasteiger partial charge in [0.05, 0.1) is 17.7 Å². The zero-order valence-electron chi connectivity index (χ0n) is 13.1. The quantitative estimate of drug-likeness (QED) is 0.552. The molecule has 0 aliphatic carbocycles. The highest BCUT2D eigenvalue weighted by atomic mass is 32.1. The van der Waals surface area contributed by atoms with Gasteiger partial charge in [0.15, 0.2) is 0 Å². The van der Waals surface area contributed by atoms with Gasteiger partial charge in [-0.3, -0.25) is 14.9 Å². The number of aromatic nitrogens is 1. The van der Waals surface area contributed by atoms with E-state index in [1.807, 2.05) is 30.3 Å². The minimum Gasteiger partial charge on any atom is -0.495 e. The van der Waals surface area contributed by atoms with Gasteiger partial charge in [-0.2, -0.15) is 0 Å². The Hall–Kier alpha value is -3.26. The molecule has 3 rings (SSSR count). The van der Waals surface area contributed by atoms with E-state index in [1.165, 1.54) is 36.6 Å². The molecule has 1 heterocycles. The van der Waals surface area contributed by atoms with Crippen molar-refractivity contribution in [2.45, 2.75) is 0 Å². The number of hydrogen-bond donors (Lipinski definition) is 1. The van der Waals surface area contributed by atoms with Crippen LogP contribution in [0, 0.1) is 10.1 Å². The number of benzene rings is 2. The fraction of sp³-hybridized carbons (Fsp3) is 0.0588. The lowest BCUT2D eigenvalue weighted by Crippen LogP contribution is -2.13. The van der Waals surface area contributed by atoms with E-state index in [9.17, 15) is 14.9 Å². The molecule has 0 aliphatic heterocycles. The van der Waals surface area contributed by atoms with Crippen LogP contribution in [0.5, 0.6) is 5.75 Å². The molecule has 0 fully saturated rings. The predicted molar refractivity (Wildman–Crippen MR) is 95.2 cm³/mol. The van der Waals surface area contributed by atoms with Gasteiger partial charge in [-0.1, -0.05) is 30.3 Å². The van der Waals surface area contributed by atoms with Crippen LogP contribution >= 0.6 is 11.3 Å². The summed E-state index contributed by atoms with van der Waals surface area (Å²) in [6.07, 6.45) is 0. The molecule has 0 radical (unpaired) electrons. The number of nitrogens with zero attached hydrogens (tertiary/aromatic N) is 2. The maximum Gasteiger partial charge on any atom is 0.275 e. The standard InChI is InChI=1S/C17H13N3O4S/c1-24-15-8-7-12(20(22)23)9-13(15)18-16(21)14-10-25-17(19-14)11-5-3-2-4-6-11/h2-10H,1H3,(H,18,21). The molecule has 1 amide bonds. The summed E-state index contributed by atoms with van der Waals surface area (Å²) in [6.45, 7) is 0. The molecule has 7 nitrogen and oxygen atoms in total. The second kappa shape index (κ2) is 7.10. The van der Waals surface area contributed by atoms with Crippen LogP contribution in [0.25, 0.3) is 10.6 Å². The Morgan fingerprint density at radius 3 is 2.68 bits per heavy atom. The highest BCUT2D eigenvalue weighted by Gasteiger charge is 2.17. The molecule has 0 spiro atoms. The van der Waals surface area contributed by atoms with Gasteiger partial charge in [0.1, 0.15) is 16.5 Å². The SMILES string of the molecule is COc1ccc([N+](=O)[O-])cc1NC(=O)c1csc(-c2ccccc2)n1. The molecule has 1 N–H and O–H groups in total. The molecule has 0 unspecified atom stereocenters. The molecule has 8 heteroatoms. The van der Waals surface area contributed by atoms with E-state index in [0.29, 0.717) is 5.75 Å². The zero-order chi connectivity index (χ0) is 17.8. The van der Waals surface area contributed by atoms with Crippen LogP contribution in [0.15, 0.2) is 53.9 Å². The van der Waals surface area contributed by atoms with E-state index >= 15 is 0 Å². The van der Waals surface area contributed by atoms with Crippen LogP contribution < -0.4 is 10.1 Å². The normalized spacial score (nSPS) is 10.3. The third-order valence-electron chi connectivity index (χ3n) is 3.40. The van der Waals surface area contributed by atoms with Gasteiger partial charge in [-0.25, -0.2) is 4.98 Å². The molecule has 0 saturated heterocycles. The van der Waals surface area contributed by atoms with E-state index in [2.05, 4.69) is 10.3 Å². The van der Waals surface area contributed by atoms with Crippen LogP contribution in [0.3, 0.4) is 0 Å². The number of non-ortho nitro benzene ring substituents is 1. The van der Waals surface area contributed by atoms with Gasteiger partial charge in [-0.15, -0.1) is 11.3 Å². The second-order valence-corrected chi connectivity index (χ2v) is 5.86. The number of carbonyl (C=O) groups is 1. The first-order valence-electron chi connectivity index (χ1n) is 7.23. The van der Waals surface area contributed by atoms with Crippen LogP contribution in [0.1, 0.15) is 10.5 Å². The third kappa shape index (κ3) is 3.64. The molecular formula is C17H13N3O4S. The number of nitrogens with one attached hydrogen (secondary N) is 1. The maximum absolute atomic E-state index is 12.4. The predicted octanol–water partition coefficient (Wildman–Crippen LogP) is 3.98. The molecule has 1 aromatic heterocycles. The molecule has 25 heavy (non-hydrogen) atoms. The number of methoxy groups -OCH3 is 1. The number of amides is 1. The summed E-state index contributed by atoms with van der Waals surface area (Å²) >= 11 is 1.35. The molecule has 3 aromatic rings. The Kier molecular flexibility index (Phi) is 4.71. The van der Waals surface area contributed by atoms with Crippen LogP contribution in [0.2, 0.25) is 0 Å². The van der Waals surface area contributed by atoms with Gasteiger partial charge in [-0.05, 0) is 6.07 Å². The van der Waals surface area contributed by atoms with E-state index < -0.39 is 10.8 Å². The van der Waals surface area contributed by atoms with E-state index in [1.54, 1.807) is 5.38 Å². The minimum absolute atomic E-state index is 0.139. The lowest BCUT2D eigenvalue weighted by Gasteiger charge is -2.08. The maximum atomic E-state index is 12.4. The van der Waals surface area contributed by atoms with E-state index in [-0.39, 0.29) is 17.1 Å². The smallest absolute Gasteiger partial charge is 0.275 e. The number of ether oxygens (including phenoxy) is 1. The van der Waals surface area contributed by atoms with Gasteiger partial charge in [0, 0.05) is 23.1 Å². The summed E-state index contributed by atoms with van der Waals surface area (Å²) in [4.78, 5) is 27.1. The van der Waals surface area contributed by atoms with Crippen molar-refractivity contribution >= 4 is 28.6 Å². The summed E-state index contributed by atoms with van der Waals surface area (Å²) in [5, 5.41) is 15.9. The number of anilines is 1. The molecule has 0 aliphatic rings. The summed E-state index contributed by atoms with van der Waals surface area (Å²) in [7, 11) is 1.42. The molecule has 0 saturated carbocycles. The number of thiazole rings is 1. The fourth-order valence-electron chi connectivity index (χ4n) is 2.18. The van der Waals surface area contributed by atoms with Crippen molar-refractivity contribution in [2.75, 3.05) is 12.4 Å². The number of nitro benzene ring substituents is 1.